The molecule has 0 aromatic rings. The van der Waals surface area contributed by atoms with Gasteiger partial charge in [0.2, 0.25) is 11.8 Å². The Kier molecular flexibility index (Phi) is 13.8. The van der Waals surface area contributed by atoms with Gasteiger partial charge in [-0.2, -0.15) is 0 Å². The highest BCUT2D eigenvalue weighted by molar-refractivity contribution is 5.76. The smallest absolute Gasteiger partial charge is 0.364 e. The van der Waals surface area contributed by atoms with Crippen molar-refractivity contribution < 1.29 is 89.1 Å². The number of hydrogen-bond acceptors (Lipinski definition) is 17. The summed E-state index contributed by atoms with van der Waals surface area (Å²) in [5.74, 6) is -5.88. The molecule has 3 aliphatic heterocycles. The number of carboxylic acids is 1. The monoisotopic (exact) mass is 686 g/mol. The van der Waals surface area contributed by atoms with Crippen LogP contribution in [0, 0.1) is 0 Å². The predicted octanol–water partition coefficient (Wildman–Crippen LogP) is -6.62. The number of rotatable bonds is 13. The van der Waals surface area contributed by atoms with Crippen LogP contribution in [0.5, 0.6) is 0 Å². The molecule has 3 fully saturated rings. The molecule has 0 radical (unpaired) electrons. The lowest BCUT2D eigenvalue weighted by Gasteiger charge is -2.48. The normalized spacial score (nSPS) is 42.3. The molecular weight excluding hydrogens is 640 g/mol. The highest BCUT2D eigenvalue weighted by Gasteiger charge is 2.57. The number of carbonyl (C=O) groups is 3. The maximum Gasteiger partial charge on any atom is 0.364 e. The van der Waals surface area contributed by atoms with E-state index in [-0.39, 0.29) is 0 Å². The molecule has 16 atom stereocenters. The summed E-state index contributed by atoms with van der Waals surface area (Å²) in [7, 11) is 0. The van der Waals surface area contributed by atoms with Crippen molar-refractivity contribution in [1.82, 2.24) is 10.6 Å². The lowest BCUT2D eigenvalue weighted by molar-refractivity contribution is -0.353. The van der Waals surface area contributed by atoms with Gasteiger partial charge in [-0.1, -0.05) is 6.92 Å². The molecular formula is C27H46N2O18. The molecule has 0 spiro atoms. The molecule has 0 aromatic heterocycles. The number of aliphatic carboxylic acids is 1. The zero-order chi connectivity index (χ0) is 35.4. The molecule has 2 amide bonds. The van der Waals surface area contributed by atoms with Crippen LogP contribution in [0.3, 0.4) is 0 Å². The molecule has 47 heavy (non-hydrogen) atoms. The van der Waals surface area contributed by atoms with E-state index in [1.165, 1.54) is 6.92 Å². The van der Waals surface area contributed by atoms with Gasteiger partial charge in [0, 0.05) is 20.3 Å². The Labute approximate surface area is 268 Å². The first-order valence-electron chi connectivity index (χ1n) is 15.1. The van der Waals surface area contributed by atoms with E-state index in [1.807, 2.05) is 0 Å². The molecule has 20 heteroatoms. The standard InChI is InChI=1S/C27H46N2O18/c1-4-13-17(29-10(3)33)20(38)23(14(7-31)44-13)46-25-22(40)21(39)19(37)15(45-25)8-43-27(26(41)42)5-11(34)16(28-9(2)32)24(47-27)18(36)12(35)6-30/h11-25,30-31,34-40H,4-8H2,1-3H3,(H,28,32)(H,29,33)(H,41,42)/t11-,12+,13?,14?,15?,16?,17?,18?,19?,20?,21?,22?,23?,24?,25?,27+/m0/s1. The van der Waals surface area contributed by atoms with Crippen LogP contribution < -0.4 is 10.6 Å². The molecule has 0 bridgehead atoms. The summed E-state index contributed by atoms with van der Waals surface area (Å²) in [5.41, 5.74) is 0. The Morgan fingerprint density at radius 3 is 2.02 bits per heavy atom. The van der Waals surface area contributed by atoms with Crippen molar-refractivity contribution in [2.24, 2.45) is 0 Å². The fourth-order valence-electron chi connectivity index (χ4n) is 5.92. The number of hydrogen-bond donors (Lipinski definition) is 12. The Hall–Kier alpha value is -2.15. The number of amides is 2. The third-order valence-electron chi connectivity index (χ3n) is 8.40. The first kappa shape index (κ1) is 39.3. The first-order chi connectivity index (χ1) is 22.0. The minimum absolute atomic E-state index is 0.322. The second kappa shape index (κ2) is 16.5. The van der Waals surface area contributed by atoms with Crippen molar-refractivity contribution in [2.75, 3.05) is 19.8 Å². The van der Waals surface area contributed by atoms with Gasteiger partial charge in [-0.15, -0.1) is 0 Å². The molecule has 272 valence electrons. The van der Waals surface area contributed by atoms with Crippen molar-refractivity contribution in [3.05, 3.63) is 0 Å². The largest absolute Gasteiger partial charge is 0.477 e. The Morgan fingerprint density at radius 1 is 0.872 bits per heavy atom. The van der Waals surface area contributed by atoms with Crippen LogP contribution >= 0.6 is 0 Å². The molecule has 13 unspecified atom stereocenters. The van der Waals surface area contributed by atoms with Gasteiger partial charge in [-0.25, -0.2) is 4.79 Å². The zero-order valence-corrected chi connectivity index (χ0v) is 25.9. The second-order valence-electron chi connectivity index (χ2n) is 11.8. The Morgan fingerprint density at radius 2 is 1.49 bits per heavy atom. The van der Waals surface area contributed by atoms with E-state index in [9.17, 15) is 65.4 Å². The van der Waals surface area contributed by atoms with E-state index in [4.69, 9.17) is 23.7 Å². The van der Waals surface area contributed by atoms with Gasteiger partial charge in [0.1, 0.15) is 61.0 Å². The van der Waals surface area contributed by atoms with Crippen molar-refractivity contribution in [3.63, 3.8) is 0 Å². The number of carbonyl (C=O) groups excluding carboxylic acids is 2. The van der Waals surface area contributed by atoms with E-state index < -0.39 is 141 Å². The van der Waals surface area contributed by atoms with Crippen LogP contribution in [-0.2, 0) is 38.1 Å². The summed E-state index contributed by atoms with van der Waals surface area (Å²) in [6.45, 7) is 1.38. The highest BCUT2D eigenvalue weighted by Crippen LogP contribution is 2.35. The first-order valence-corrected chi connectivity index (χ1v) is 15.1. The van der Waals surface area contributed by atoms with Crippen molar-refractivity contribution in [1.29, 1.82) is 0 Å². The highest BCUT2D eigenvalue weighted by atomic mass is 16.8. The van der Waals surface area contributed by atoms with E-state index >= 15 is 0 Å². The third kappa shape index (κ3) is 8.72. The molecule has 0 aliphatic carbocycles. The number of aliphatic hydroxyl groups excluding tert-OH is 9. The van der Waals surface area contributed by atoms with Crippen molar-refractivity contribution in [3.8, 4) is 0 Å². The molecule has 12 N–H and O–H groups in total. The van der Waals surface area contributed by atoms with E-state index in [0.717, 1.165) is 6.92 Å². The molecule has 0 saturated carbocycles. The third-order valence-corrected chi connectivity index (χ3v) is 8.40. The number of ether oxygens (including phenoxy) is 5. The quantitative estimate of drug-likeness (QED) is 0.0856. The molecule has 3 rings (SSSR count). The Bertz CT molecular complexity index is 1070. The topological polar surface area (TPSA) is 324 Å². The molecule has 3 aliphatic rings. The van der Waals surface area contributed by atoms with E-state index in [1.54, 1.807) is 6.92 Å². The maximum atomic E-state index is 12.5. The average Bonchev–Trinajstić information content (AvgIpc) is 3.02. The summed E-state index contributed by atoms with van der Waals surface area (Å²) in [6.07, 6.45) is -22.5. The molecule has 3 saturated heterocycles. The van der Waals surface area contributed by atoms with Crippen molar-refractivity contribution in [2.45, 2.75) is 131 Å². The Balaban J connectivity index is 1.84. The van der Waals surface area contributed by atoms with Gasteiger partial charge in [0.25, 0.3) is 5.79 Å². The van der Waals surface area contributed by atoms with Crippen LogP contribution in [0.15, 0.2) is 0 Å². The molecule has 20 nitrogen and oxygen atoms in total. The fourth-order valence-corrected chi connectivity index (χ4v) is 5.92. The van der Waals surface area contributed by atoms with Crippen LogP contribution in [0.1, 0.15) is 33.6 Å². The summed E-state index contributed by atoms with van der Waals surface area (Å²) in [6, 6.07) is -2.48. The van der Waals surface area contributed by atoms with Crippen molar-refractivity contribution >= 4 is 17.8 Å². The number of nitrogens with one attached hydrogen (secondary N) is 2. The summed E-state index contributed by atoms with van der Waals surface area (Å²) in [5, 5.41) is 109. The zero-order valence-electron chi connectivity index (χ0n) is 25.9. The molecule has 3 heterocycles. The molecule has 0 aromatic carbocycles. The van der Waals surface area contributed by atoms with Crippen LogP contribution in [0.25, 0.3) is 0 Å². The fraction of sp³-hybridized carbons (Fsp3) is 0.889. The van der Waals surface area contributed by atoms with Gasteiger partial charge in [-0.05, 0) is 6.42 Å². The van der Waals surface area contributed by atoms with Gasteiger partial charge in [0.15, 0.2) is 6.29 Å². The lowest BCUT2D eigenvalue weighted by atomic mass is 9.88. The predicted molar refractivity (Wildman–Crippen MR) is 150 cm³/mol. The van der Waals surface area contributed by atoms with E-state index in [2.05, 4.69) is 10.6 Å². The summed E-state index contributed by atoms with van der Waals surface area (Å²) >= 11 is 0. The minimum Gasteiger partial charge on any atom is -0.477 e. The lowest BCUT2D eigenvalue weighted by Crippen LogP contribution is -2.69. The van der Waals surface area contributed by atoms with E-state index in [0.29, 0.717) is 6.42 Å². The summed E-state index contributed by atoms with van der Waals surface area (Å²) < 4.78 is 28.1. The maximum absolute atomic E-state index is 12.5. The van der Waals surface area contributed by atoms with Gasteiger partial charge < -0.3 is 85.4 Å². The number of aliphatic hydroxyl groups is 9. The SMILES string of the molecule is CCC1OC(CO)C(OC2OC(CO[C@]3(C(=O)O)C[C@H](O)C(NC(C)=O)C(C(O)[C@H](O)CO)O3)C(O)C(O)C2O)C(O)C1NC(C)=O. The van der Waals surface area contributed by atoms with Gasteiger partial charge in [-0.3, -0.25) is 9.59 Å². The summed E-state index contributed by atoms with van der Waals surface area (Å²) in [4.78, 5) is 36.0. The second-order valence-corrected chi connectivity index (χ2v) is 11.8. The average molecular weight is 687 g/mol. The minimum atomic E-state index is -2.81. The van der Waals surface area contributed by atoms with Crippen LogP contribution in [0.4, 0.5) is 0 Å². The van der Waals surface area contributed by atoms with Gasteiger partial charge in [0.05, 0.1) is 44.1 Å². The van der Waals surface area contributed by atoms with Crippen LogP contribution in [-0.4, -0.2) is 186 Å². The van der Waals surface area contributed by atoms with Gasteiger partial charge >= 0.3 is 5.97 Å². The van der Waals surface area contributed by atoms with Crippen LogP contribution in [0.2, 0.25) is 0 Å². The number of carboxylic acid groups (broad SMARTS) is 1.